The van der Waals surface area contributed by atoms with E-state index in [-0.39, 0.29) is 24.5 Å². The van der Waals surface area contributed by atoms with E-state index in [0.717, 1.165) is 0 Å². The van der Waals surface area contributed by atoms with Crippen molar-refractivity contribution < 1.29 is 24.2 Å². The molecule has 8 heteroatoms. The molecule has 0 aliphatic carbocycles. The van der Waals surface area contributed by atoms with Crippen molar-refractivity contribution in [3.8, 4) is 0 Å². The van der Waals surface area contributed by atoms with Crippen LogP contribution in [0.4, 0.5) is 4.79 Å². The number of rotatable bonds is 7. The van der Waals surface area contributed by atoms with E-state index in [1.165, 1.54) is 0 Å². The Morgan fingerprint density at radius 3 is 2.19 bits per heavy atom. The summed E-state index contributed by atoms with van der Waals surface area (Å²) < 4.78 is 5.09. The second-order valence-corrected chi connectivity index (χ2v) is 6.16. The molecule has 0 spiro atoms. The molecule has 3 N–H and O–H groups in total. The van der Waals surface area contributed by atoms with Crippen molar-refractivity contribution in [3.05, 3.63) is 0 Å². The first-order chi connectivity index (χ1) is 9.53. The lowest BCUT2D eigenvalue weighted by Crippen LogP contribution is -2.44. The van der Waals surface area contributed by atoms with Crippen LogP contribution in [0.15, 0.2) is 0 Å². The molecule has 0 unspecified atom stereocenters. The van der Waals surface area contributed by atoms with Crippen LogP contribution in [0.1, 0.15) is 40.5 Å². The second kappa shape index (κ2) is 8.76. The van der Waals surface area contributed by atoms with Crippen molar-refractivity contribution in [2.45, 2.75) is 58.2 Å². The number of carboxylic acids is 1. The molecule has 0 aliphatic heterocycles. The number of carbonyl (C=O) groups excluding carboxylic acids is 2. The van der Waals surface area contributed by atoms with E-state index < -0.39 is 29.7 Å². The van der Waals surface area contributed by atoms with Crippen molar-refractivity contribution in [2.75, 3.05) is 5.75 Å². The van der Waals surface area contributed by atoms with Crippen LogP contribution in [0.2, 0.25) is 0 Å². The van der Waals surface area contributed by atoms with Crippen molar-refractivity contribution in [2.24, 2.45) is 0 Å². The summed E-state index contributed by atoms with van der Waals surface area (Å²) in [5.74, 6) is -1.07. The molecule has 0 aliphatic rings. The maximum atomic E-state index is 11.7. The summed E-state index contributed by atoms with van der Waals surface area (Å²) in [7, 11) is 0. The topological polar surface area (TPSA) is 105 Å². The summed E-state index contributed by atoms with van der Waals surface area (Å²) in [6.45, 7) is 6.82. The minimum absolute atomic E-state index is 0.00665. The summed E-state index contributed by atoms with van der Waals surface area (Å²) >= 11 is 4.08. The van der Waals surface area contributed by atoms with Gasteiger partial charge < -0.3 is 20.5 Å². The normalized spacial score (nSPS) is 14.0. The second-order valence-electron chi connectivity index (χ2n) is 5.80. The third kappa shape index (κ3) is 10.9. The summed E-state index contributed by atoms with van der Waals surface area (Å²) in [6, 6.07) is -0.961. The number of thiol groups is 1. The zero-order chi connectivity index (χ0) is 16.6. The minimum Gasteiger partial charge on any atom is -0.481 e. The molecule has 2 amide bonds. The van der Waals surface area contributed by atoms with Crippen LogP contribution in [0, 0.1) is 0 Å². The summed E-state index contributed by atoms with van der Waals surface area (Å²) in [5.41, 5.74) is -0.622. The largest absolute Gasteiger partial charge is 0.481 e. The maximum absolute atomic E-state index is 11.7. The highest BCUT2D eigenvalue weighted by atomic mass is 32.1. The first-order valence-corrected chi connectivity index (χ1v) is 7.28. The van der Waals surface area contributed by atoms with E-state index in [0.29, 0.717) is 0 Å². The lowest BCUT2D eigenvalue weighted by molar-refractivity contribution is -0.137. The number of ether oxygens (including phenoxy) is 1. The predicted molar refractivity (Wildman–Crippen MR) is 81.5 cm³/mol. The Morgan fingerprint density at radius 2 is 1.76 bits per heavy atom. The maximum Gasteiger partial charge on any atom is 0.407 e. The summed E-state index contributed by atoms with van der Waals surface area (Å²) in [5, 5.41) is 13.7. The monoisotopic (exact) mass is 320 g/mol. The molecule has 0 heterocycles. The molecule has 21 heavy (non-hydrogen) atoms. The van der Waals surface area contributed by atoms with Gasteiger partial charge in [-0.2, -0.15) is 12.6 Å². The third-order valence-electron chi connectivity index (χ3n) is 2.26. The number of carbonyl (C=O) groups is 3. The van der Waals surface area contributed by atoms with Gasteiger partial charge in [0.2, 0.25) is 5.91 Å². The van der Waals surface area contributed by atoms with Gasteiger partial charge >= 0.3 is 12.1 Å². The van der Waals surface area contributed by atoms with Crippen molar-refractivity contribution >= 4 is 30.6 Å². The van der Waals surface area contributed by atoms with Crippen LogP contribution in [0.25, 0.3) is 0 Å². The number of carboxylic acid groups (broad SMARTS) is 1. The Hall–Kier alpha value is -1.44. The zero-order valence-electron chi connectivity index (χ0n) is 12.8. The van der Waals surface area contributed by atoms with Gasteiger partial charge in [-0.1, -0.05) is 0 Å². The Balaban J connectivity index is 4.27. The van der Waals surface area contributed by atoms with Gasteiger partial charge in [0.1, 0.15) is 5.60 Å². The number of hydrogen-bond donors (Lipinski definition) is 4. The minimum atomic E-state index is -0.986. The molecule has 0 radical (unpaired) electrons. The fraction of sp³-hybridized carbons (Fsp3) is 0.769. The summed E-state index contributed by atoms with van der Waals surface area (Å²) in [4.78, 5) is 33.9. The highest BCUT2D eigenvalue weighted by molar-refractivity contribution is 7.80. The van der Waals surface area contributed by atoms with Crippen LogP contribution in [-0.4, -0.2) is 46.5 Å². The number of nitrogens with one attached hydrogen (secondary N) is 2. The van der Waals surface area contributed by atoms with Gasteiger partial charge in [-0.3, -0.25) is 9.59 Å². The lowest BCUT2D eigenvalue weighted by Gasteiger charge is -2.23. The van der Waals surface area contributed by atoms with Gasteiger partial charge in [-0.25, -0.2) is 4.79 Å². The average molecular weight is 320 g/mol. The Labute approximate surface area is 130 Å². The third-order valence-corrected chi connectivity index (χ3v) is 2.70. The van der Waals surface area contributed by atoms with Gasteiger partial charge in [0.15, 0.2) is 0 Å². The Morgan fingerprint density at radius 1 is 1.19 bits per heavy atom. The Kier molecular flexibility index (Phi) is 8.16. The quantitative estimate of drug-likeness (QED) is 0.527. The van der Waals surface area contributed by atoms with Gasteiger partial charge in [0.05, 0.1) is 6.42 Å². The fourth-order valence-corrected chi connectivity index (χ4v) is 1.73. The predicted octanol–water partition coefficient (Wildman–Crippen LogP) is 1.18. The molecule has 0 aromatic heterocycles. The van der Waals surface area contributed by atoms with Crippen LogP contribution in [-0.2, 0) is 14.3 Å². The molecule has 0 aromatic rings. The van der Waals surface area contributed by atoms with E-state index >= 15 is 0 Å². The van der Waals surface area contributed by atoms with E-state index in [4.69, 9.17) is 9.84 Å². The lowest BCUT2D eigenvalue weighted by atomic mass is 10.2. The zero-order valence-corrected chi connectivity index (χ0v) is 13.7. The summed E-state index contributed by atoms with van der Waals surface area (Å²) in [6.07, 6.45) is -0.767. The molecular formula is C13H24N2O5S. The number of amides is 2. The molecule has 0 fully saturated rings. The van der Waals surface area contributed by atoms with Crippen LogP contribution in [0.3, 0.4) is 0 Å². The average Bonchev–Trinajstić information content (AvgIpc) is 2.23. The first-order valence-electron chi connectivity index (χ1n) is 6.65. The molecule has 122 valence electrons. The van der Waals surface area contributed by atoms with E-state index in [1.807, 2.05) is 0 Å². The van der Waals surface area contributed by atoms with Crippen molar-refractivity contribution in [1.82, 2.24) is 10.6 Å². The van der Waals surface area contributed by atoms with Crippen molar-refractivity contribution in [3.63, 3.8) is 0 Å². The van der Waals surface area contributed by atoms with E-state index in [1.54, 1.807) is 27.7 Å². The van der Waals surface area contributed by atoms with Gasteiger partial charge in [0.25, 0.3) is 0 Å². The number of hydrogen-bond acceptors (Lipinski definition) is 5. The van der Waals surface area contributed by atoms with E-state index in [2.05, 4.69) is 23.3 Å². The van der Waals surface area contributed by atoms with Gasteiger partial charge in [0, 0.05) is 24.3 Å². The molecule has 0 aromatic carbocycles. The van der Waals surface area contributed by atoms with Crippen LogP contribution >= 0.6 is 12.6 Å². The molecule has 0 saturated carbocycles. The Bertz CT molecular complexity index is 381. The molecule has 0 saturated heterocycles. The van der Waals surface area contributed by atoms with Crippen LogP contribution in [0.5, 0.6) is 0 Å². The molecule has 7 nitrogen and oxygen atoms in total. The highest BCUT2D eigenvalue weighted by Gasteiger charge is 2.21. The molecule has 2 atom stereocenters. The molecule has 0 rings (SSSR count). The SMILES string of the molecule is C[C@@H](CC(=O)O)NC(=O)C[C@H](CS)NC(=O)OC(C)(C)C. The van der Waals surface area contributed by atoms with Crippen LogP contribution < -0.4 is 10.6 Å². The number of alkyl carbamates (subject to hydrolysis) is 1. The molecular weight excluding hydrogens is 296 g/mol. The fourth-order valence-electron chi connectivity index (χ4n) is 1.51. The van der Waals surface area contributed by atoms with Crippen molar-refractivity contribution in [1.29, 1.82) is 0 Å². The van der Waals surface area contributed by atoms with Gasteiger partial charge in [-0.15, -0.1) is 0 Å². The van der Waals surface area contributed by atoms with Gasteiger partial charge in [-0.05, 0) is 27.7 Å². The van der Waals surface area contributed by atoms with E-state index in [9.17, 15) is 14.4 Å². The number of aliphatic carboxylic acids is 1. The molecule has 0 bridgehead atoms. The standard InChI is InChI=1S/C13H24N2O5S/c1-8(5-11(17)18)14-10(16)6-9(7-21)15-12(19)20-13(2,3)4/h8-9,21H,5-7H2,1-4H3,(H,14,16)(H,15,19)(H,17,18)/t8-,9+/m0/s1. The first kappa shape index (κ1) is 19.6. The smallest absolute Gasteiger partial charge is 0.407 e. The highest BCUT2D eigenvalue weighted by Crippen LogP contribution is 2.07.